The van der Waals surface area contributed by atoms with E-state index < -0.39 is 5.25 Å². The van der Waals surface area contributed by atoms with E-state index in [1.807, 2.05) is 24.3 Å². The summed E-state index contributed by atoms with van der Waals surface area (Å²) in [7, 11) is 0. The molecule has 1 atom stereocenters. The van der Waals surface area contributed by atoms with Crippen molar-refractivity contribution in [2.75, 3.05) is 11.2 Å². The standard InChI is InChI=1S/C17H14BrCl2N5OS/c1-9(16(26)22-14-8-10(19)6-7-13(14)20)27-17-24-23-15(25(17)21)11-4-2-3-5-12(11)18/h2-9H,21H2,1H3,(H,22,26). The van der Waals surface area contributed by atoms with Crippen molar-refractivity contribution in [2.24, 2.45) is 0 Å². The minimum atomic E-state index is -0.487. The summed E-state index contributed by atoms with van der Waals surface area (Å²) in [4.78, 5) is 12.5. The van der Waals surface area contributed by atoms with Crippen LogP contribution in [0.4, 0.5) is 5.69 Å². The number of benzene rings is 2. The molecule has 0 aliphatic rings. The number of rotatable bonds is 5. The van der Waals surface area contributed by atoms with Crippen LogP contribution in [0.15, 0.2) is 52.1 Å². The van der Waals surface area contributed by atoms with Gasteiger partial charge in [-0.2, -0.15) is 0 Å². The van der Waals surface area contributed by atoms with Gasteiger partial charge in [0.15, 0.2) is 5.82 Å². The van der Waals surface area contributed by atoms with E-state index in [-0.39, 0.29) is 5.91 Å². The van der Waals surface area contributed by atoms with E-state index >= 15 is 0 Å². The number of hydrogen-bond donors (Lipinski definition) is 2. The topological polar surface area (TPSA) is 85.8 Å². The van der Waals surface area contributed by atoms with E-state index in [0.29, 0.717) is 26.7 Å². The quantitative estimate of drug-likeness (QED) is 0.397. The molecule has 10 heteroatoms. The maximum absolute atomic E-state index is 12.5. The summed E-state index contributed by atoms with van der Waals surface area (Å²) in [6.45, 7) is 1.74. The van der Waals surface area contributed by atoms with Crippen molar-refractivity contribution in [3.05, 3.63) is 57.0 Å². The lowest BCUT2D eigenvalue weighted by Gasteiger charge is -2.13. The van der Waals surface area contributed by atoms with Crippen molar-refractivity contribution in [3.63, 3.8) is 0 Å². The third-order valence-electron chi connectivity index (χ3n) is 3.62. The fourth-order valence-electron chi connectivity index (χ4n) is 2.22. The Balaban J connectivity index is 1.75. The van der Waals surface area contributed by atoms with Crippen molar-refractivity contribution in [3.8, 4) is 11.4 Å². The fraction of sp³-hybridized carbons (Fsp3) is 0.118. The molecule has 6 nitrogen and oxygen atoms in total. The molecule has 0 aliphatic heterocycles. The van der Waals surface area contributed by atoms with Gasteiger partial charge in [-0.15, -0.1) is 10.2 Å². The van der Waals surface area contributed by atoms with Crippen LogP contribution in [-0.4, -0.2) is 26.0 Å². The van der Waals surface area contributed by atoms with Crippen molar-refractivity contribution < 1.29 is 4.79 Å². The highest BCUT2D eigenvalue weighted by atomic mass is 79.9. The Morgan fingerprint density at radius 1 is 1.26 bits per heavy atom. The van der Waals surface area contributed by atoms with Gasteiger partial charge < -0.3 is 11.2 Å². The van der Waals surface area contributed by atoms with E-state index in [1.54, 1.807) is 25.1 Å². The molecule has 0 saturated heterocycles. The number of thioether (sulfide) groups is 1. The molecule has 1 amide bonds. The van der Waals surface area contributed by atoms with Crippen molar-refractivity contribution in [1.82, 2.24) is 14.9 Å². The molecular weight excluding hydrogens is 473 g/mol. The molecule has 140 valence electrons. The van der Waals surface area contributed by atoms with E-state index in [0.717, 1.165) is 10.0 Å². The van der Waals surface area contributed by atoms with Gasteiger partial charge in [-0.3, -0.25) is 4.79 Å². The maximum atomic E-state index is 12.5. The second kappa shape index (κ2) is 8.52. The van der Waals surface area contributed by atoms with Crippen LogP contribution in [0.1, 0.15) is 6.92 Å². The smallest absolute Gasteiger partial charge is 0.237 e. The number of halogens is 3. The first-order valence-corrected chi connectivity index (χ1v) is 10.2. The van der Waals surface area contributed by atoms with E-state index in [1.165, 1.54) is 16.4 Å². The molecule has 0 radical (unpaired) electrons. The molecule has 0 aliphatic carbocycles. The molecule has 0 fully saturated rings. The third-order valence-corrected chi connectivity index (χ3v) is 5.93. The molecule has 1 aromatic heterocycles. The SMILES string of the molecule is CC(Sc1nnc(-c2ccccc2Br)n1N)C(=O)Nc1cc(Cl)ccc1Cl. The van der Waals surface area contributed by atoms with Gasteiger partial charge in [-0.1, -0.05) is 63.0 Å². The molecule has 0 bridgehead atoms. The van der Waals surface area contributed by atoms with Gasteiger partial charge in [0.25, 0.3) is 0 Å². The Morgan fingerprint density at radius 2 is 2.00 bits per heavy atom. The molecule has 0 spiro atoms. The van der Waals surface area contributed by atoms with E-state index in [9.17, 15) is 4.79 Å². The average Bonchev–Trinajstić information content (AvgIpc) is 2.99. The van der Waals surface area contributed by atoms with Gasteiger partial charge in [-0.05, 0) is 37.3 Å². The fourth-order valence-corrected chi connectivity index (χ4v) is 3.79. The van der Waals surface area contributed by atoms with Crippen LogP contribution < -0.4 is 11.2 Å². The summed E-state index contributed by atoms with van der Waals surface area (Å²) in [6, 6.07) is 12.4. The van der Waals surface area contributed by atoms with Crippen LogP contribution in [0, 0.1) is 0 Å². The number of nitrogens with zero attached hydrogens (tertiary/aromatic N) is 3. The minimum absolute atomic E-state index is 0.255. The summed E-state index contributed by atoms with van der Waals surface area (Å²) in [5, 5.41) is 11.8. The van der Waals surface area contributed by atoms with Crippen LogP contribution in [-0.2, 0) is 4.79 Å². The number of nitrogen functional groups attached to an aromatic ring is 1. The highest BCUT2D eigenvalue weighted by Crippen LogP contribution is 2.30. The van der Waals surface area contributed by atoms with Crippen LogP contribution >= 0.6 is 50.9 Å². The lowest BCUT2D eigenvalue weighted by Crippen LogP contribution is -2.23. The minimum Gasteiger partial charge on any atom is -0.335 e. The van der Waals surface area contributed by atoms with Crippen LogP contribution in [0.2, 0.25) is 10.0 Å². The van der Waals surface area contributed by atoms with Crippen molar-refractivity contribution in [2.45, 2.75) is 17.3 Å². The first-order valence-electron chi connectivity index (χ1n) is 7.74. The summed E-state index contributed by atoms with van der Waals surface area (Å²) in [6.07, 6.45) is 0. The largest absolute Gasteiger partial charge is 0.335 e. The lowest BCUT2D eigenvalue weighted by molar-refractivity contribution is -0.115. The Bertz CT molecular complexity index is 997. The average molecular weight is 487 g/mol. The molecule has 3 aromatic rings. The molecule has 0 saturated carbocycles. The predicted octanol–water partition coefficient (Wildman–Crippen LogP) is 4.85. The van der Waals surface area contributed by atoms with Gasteiger partial charge in [0.1, 0.15) is 0 Å². The molecule has 2 aromatic carbocycles. The zero-order chi connectivity index (χ0) is 19.6. The molecule has 27 heavy (non-hydrogen) atoms. The van der Waals surface area contributed by atoms with Crippen molar-refractivity contribution in [1.29, 1.82) is 0 Å². The molecule has 1 unspecified atom stereocenters. The second-order valence-electron chi connectivity index (χ2n) is 5.53. The molecule has 1 heterocycles. The zero-order valence-electron chi connectivity index (χ0n) is 14.0. The van der Waals surface area contributed by atoms with Crippen LogP contribution in [0.3, 0.4) is 0 Å². The van der Waals surface area contributed by atoms with Gasteiger partial charge in [0.05, 0.1) is 16.0 Å². The molecule has 3 rings (SSSR count). The normalized spacial score (nSPS) is 12.0. The number of amides is 1. The highest BCUT2D eigenvalue weighted by molar-refractivity contribution is 9.10. The van der Waals surface area contributed by atoms with Gasteiger partial charge in [0.2, 0.25) is 11.1 Å². The van der Waals surface area contributed by atoms with E-state index in [4.69, 9.17) is 29.0 Å². The van der Waals surface area contributed by atoms with Crippen LogP contribution in [0.25, 0.3) is 11.4 Å². The Hall–Kier alpha value is -1.74. The van der Waals surface area contributed by atoms with Gasteiger partial charge >= 0.3 is 0 Å². The van der Waals surface area contributed by atoms with Crippen molar-refractivity contribution >= 4 is 62.5 Å². The van der Waals surface area contributed by atoms with Gasteiger partial charge in [-0.25, -0.2) is 4.68 Å². The number of nitrogens with two attached hydrogens (primary N) is 1. The Kier molecular flexibility index (Phi) is 6.31. The zero-order valence-corrected chi connectivity index (χ0v) is 17.9. The number of carbonyl (C=O) groups is 1. The third kappa shape index (κ3) is 4.57. The highest BCUT2D eigenvalue weighted by Gasteiger charge is 2.21. The van der Waals surface area contributed by atoms with Crippen LogP contribution in [0.5, 0.6) is 0 Å². The Labute approximate surface area is 178 Å². The number of nitrogens with one attached hydrogen (secondary N) is 1. The first-order chi connectivity index (χ1) is 12.9. The predicted molar refractivity (Wildman–Crippen MR) is 114 cm³/mol. The monoisotopic (exact) mass is 485 g/mol. The molecular formula is C17H14BrCl2N5OS. The summed E-state index contributed by atoms with van der Waals surface area (Å²) in [5.74, 6) is 6.37. The number of anilines is 1. The number of aromatic nitrogens is 3. The maximum Gasteiger partial charge on any atom is 0.237 e. The van der Waals surface area contributed by atoms with E-state index in [2.05, 4.69) is 31.4 Å². The second-order valence-corrected chi connectivity index (χ2v) is 8.54. The van der Waals surface area contributed by atoms with Gasteiger partial charge in [0, 0.05) is 15.1 Å². The molecule has 3 N–H and O–H groups in total. The first kappa shape index (κ1) is 20.0. The summed E-state index contributed by atoms with van der Waals surface area (Å²) >= 11 is 16.7. The number of hydrogen-bond acceptors (Lipinski definition) is 5. The summed E-state index contributed by atoms with van der Waals surface area (Å²) < 4.78 is 2.21. The number of carbonyl (C=O) groups excluding carboxylic acids is 1. The lowest BCUT2D eigenvalue weighted by atomic mass is 10.2. The Morgan fingerprint density at radius 3 is 2.74 bits per heavy atom. The summed E-state index contributed by atoms with van der Waals surface area (Å²) in [5.41, 5.74) is 1.26.